The molecule has 6 heteroatoms. The van der Waals surface area contributed by atoms with Gasteiger partial charge in [0.2, 0.25) is 0 Å². The van der Waals surface area contributed by atoms with Crippen molar-refractivity contribution in [1.82, 2.24) is 0 Å². The van der Waals surface area contributed by atoms with E-state index in [0.717, 1.165) is 12.8 Å². The van der Waals surface area contributed by atoms with Crippen LogP contribution in [0.1, 0.15) is 32.6 Å². The number of hydrogen-bond acceptors (Lipinski definition) is 5. The largest absolute Gasteiger partial charge is 0.398 e. The maximum absolute atomic E-state index is 11.8. The molecule has 0 bridgehead atoms. The molecule has 0 unspecified atom stereocenters. The van der Waals surface area contributed by atoms with E-state index >= 15 is 0 Å². The second-order valence-corrected chi connectivity index (χ2v) is 5.42. The Hall–Kier alpha value is -1.56. The highest BCUT2D eigenvalue weighted by atomic mass is 32.2. The van der Waals surface area contributed by atoms with Crippen molar-refractivity contribution in [2.75, 3.05) is 5.73 Å². The van der Waals surface area contributed by atoms with Gasteiger partial charge in [-0.2, -0.15) is 8.42 Å². The quantitative estimate of drug-likeness (QED) is 0.486. The van der Waals surface area contributed by atoms with Gasteiger partial charge in [-0.25, -0.2) is 0 Å². The molecule has 0 aliphatic rings. The van der Waals surface area contributed by atoms with Gasteiger partial charge in [-0.05, 0) is 18.6 Å². The van der Waals surface area contributed by atoms with Crippen molar-refractivity contribution in [1.29, 1.82) is 0 Å². The van der Waals surface area contributed by atoms with Crippen molar-refractivity contribution >= 4 is 21.8 Å². The molecule has 0 saturated heterocycles. The molecule has 5 nitrogen and oxygen atoms in total. The van der Waals surface area contributed by atoms with Crippen LogP contribution < -0.4 is 5.73 Å². The molecule has 0 spiro atoms. The fraction of sp³-hybridized carbons (Fsp3) is 0.417. The first-order valence-corrected chi connectivity index (χ1v) is 7.20. The Kier molecular flexibility index (Phi) is 5.15. The molecule has 0 aliphatic heterocycles. The lowest BCUT2D eigenvalue weighted by Gasteiger charge is -2.07. The maximum Gasteiger partial charge on any atom is 0.343 e. The third-order valence-electron chi connectivity index (χ3n) is 2.38. The SMILES string of the molecule is CCCCCC(=O)OS(=O)(=O)c1ccccc1N. The summed E-state index contributed by atoms with van der Waals surface area (Å²) in [5, 5.41) is 0. The molecule has 1 rings (SSSR count). The number of rotatable bonds is 6. The number of anilines is 1. The summed E-state index contributed by atoms with van der Waals surface area (Å²) >= 11 is 0. The molecule has 2 N–H and O–H groups in total. The second-order valence-electron chi connectivity index (χ2n) is 3.90. The van der Waals surface area contributed by atoms with E-state index in [1.54, 1.807) is 6.07 Å². The first-order chi connectivity index (χ1) is 8.47. The number of nitrogens with two attached hydrogens (primary N) is 1. The molecule has 0 heterocycles. The lowest BCUT2D eigenvalue weighted by Crippen LogP contribution is -2.14. The van der Waals surface area contributed by atoms with Gasteiger partial charge in [0.15, 0.2) is 0 Å². The van der Waals surface area contributed by atoms with Crippen LogP contribution in [0, 0.1) is 0 Å². The lowest BCUT2D eigenvalue weighted by atomic mass is 10.2. The number of nitrogen functional groups attached to an aromatic ring is 1. The van der Waals surface area contributed by atoms with Gasteiger partial charge in [-0.1, -0.05) is 31.9 Å². The molecule has 100 valence electrons. The van der Waals surface area contributed by atoms with E-state index in [1.807, 2.05) is 6.92 Å². The summed E-state index contributed by atoms with van der Waals surface area (Å²) in [6, 6.07) is 5.88. The zero-order valence-corrected chi connectivity index (χ0v) is 11.1. The first kappa shape index (κ1) is 14.5. The summed E-state index contributed by atoms with van der Waals surface area (Å²) in [5.74, 6) is -0.744. The van der Waals surface area contributed by atoms with E-state index in [2.05, 4.69) is 4.18 Å². The summed E-state index contributed by atoms with van der Waals surface area (Å²) in [4.78, 5) is 11.2. The van der Waals surface area contributed by atoms with Crippen LogP contribution in [0.25, 0.3) is 0 Å². The normalized spacial score (nSPS) is 11.2. The molecular weight excluding hydrogens is 254 g/mol. The maximum atomic E-state index is 11.8. The number of benzene rings is 1. The molecule has 0 radical (unpaired) electrons. The zero-order chi connectivity index (χ0) is 13.6. The number of unbranched alkanes of at least 4 members (excludes halogenated alkanes) is 2. The molecule has 1 aromatic carbocycles. The van der Waals surface area contributed by atoms with Gasteiger partial charge < -0.3 is 9.92 Å². The van der Waals surface area contributed by atoms with Gasteiger partial charge >= 0.3 is 16.1 Å². The minimum Gasteiger partial charge on any atom is -0.398 e. The van der Waals surface area contributed by atoms with E-state index in [1.165, 1.54) is 18.2 Å². The molecule has 1 aromatic rings. The lowest BCUT2D eigenvalue weighted by molar-refractivity contribution is -0.133. The monoisotopic (exact) mass is 271 g/mol. The highest BCUT2D eigenvalue weighted by Crippen LogP contribution is 2.20. The molecule has 0 amide bonds. The van der Waals surface area contributed by atoms with Crippen LogP contribution in [-0.4, -0.2) is 14.4 Å². The van der Waals surface area contributed by atoms with Gasteiger partial charge in [0, 0.05) is 6.42 Å². The van der Waals surface area contributed by atoms with E-state index in [-0.39, 0.29) is 17.0 Å². The Morgan fingerprint density at radius 2 is 1.94 bits per heavy atom. The van der Waals surface area contributed by atoms with E-state index < -0.39 is 16.1 Å². The van der Waals surface area contributed by atoms with Crippen LogP contribution in [0.15, 0.2) is 29.2 Å². The minimum absolute atomic E-state index is 0.0684. The summed E-state index contributed by atoms with van der Waals surface area (Å²) in [5.41, 5.74) is 5.60. The predicted molar refractivity (Wildman–Crippen MR) is 68.3 cm³/mol. The van der Waals surface area contributed by atoms with Gasteiger partial charge in [0.25, 0.3) is 0 Å². The average molecular weight is 271 g/mol. The summed E-state index contributed by atoms with van der Waals surface area (Å²) < 4.78 is 28.1. The standard InChI is InChI=1S/C12H17NO4S/c1-2-3-4-9-12(14)17-18(15,16)11-8-6-5-7-10(11)13/h5-8H,2-4,9,13H2,1H3. The predicted octanol–water partition coefficient (Wildman–Crippen LogP) is 2.08. The number of para-hydroxylation sites is 1. The van der Waals surface area contributed by atoms with E-state index in [4.69, 9.17) is 5.73 Å². The fourth-order valence-corrected chi connectivity index (χ4v) is 2.46. The number of carbonyl (C=O) groups is 1. The Morgan fingerprint density at radius 1 is 1.28 bits per heavy atom. The topological polar surface area (TPSA) is 86.5 Å². The van der Waals surface area contributed by atoms with Crippen molar-refractivity contribution in [3.63, 3.8) is 0 Å². The smallest absolute Gasteiger partial charge is 0.343 e. The molecule has 0 atom stereocenters. The minimum atomic E-state index is -4.10. The van der Waals surface area contributed by atoms with Crippen LogP contribution in [0.5, 0.6) is 0 Å². The van der Waals surface area contributed by atoms with E-state index in [9.17, 15) is 13.2 Å². The fourth-order valence-electron chi connectivity index (χ4n) is 1.44. The van der Waals surface area contributed by atoms with Crippen molar-refractivity contribution in [2.24, 2.45) is 0 Å². The van der Waals surface area contributed by atoms with Crippen molar-refractivity contribution < 1.29 is 17.4 Å². The van der Waals surface area contributed by atoms with Gasteiger partial charge in [0.1, 0.15) is 4.90 Å². The number of hydrogen-bond donors (Lipinski definition) is 1. The van der Waals surface area contributed by atoms with Crippen LogP contribution >= 0.6 is 0 Å². The molecule has 0 aromatic heterocycles. The third-order valence-corrected chi connectivity index (χ3v) is 3.69. The van der Waals surface area contributed by atoms with Crippen LogP contribution in [0.4, 0.5) is 5.69 Å². The Morgan fingerprint density at radius 3 is 2.56 bits per heavy atom. The second kappa shape index (κ2) is 6.39. The molecule has 0 saturated carbocycles. The van der Waals surface area contributed by atoms with Crippen molar-refractivity contribution in [3.8, 4) is 0 Å². The zero-order valence-electron chi connectivity index (χ0n) is 10.3. The Balaban J connectivity index is 2.71. The van der Waals surface area contributed by atoms with Crippen LogP contribution in [0.2, 0.25) is 0 Å². The van der Waals surface area contributed by atoms with Crippen LogP contribution in [-0.2, 0) is 19.1 Å². The highest BCUT2D eigenvalue weighted by molar-refractivity contribution is 7.87. The van der Waals surface area contributed by atoms with Crippen molar-refractivity contribution in [3.05, 3.63) is 24.3 Å². The first-order valence-electron chi connectivity index (χ1n) is 5.79. The van der Waals surface area contributed by atoms with E-state index in [0.29, 0.717) is 6.42 Å². The highest BCUT2D eigenvalue weighted by Gasteiger charge is 2.21. The van der Waals surface area contributed by atoms with Gasteiger partial charge in [0.05, 0.1) is 5.69 Å². The summed E-state index contributed by atoms with van der Waals surface area (Å²) in [6.45, 7) is 1.99. The van der Waals surface area contributed by atoms with Gasteiger partial charge in [-0.15, -0.1) is 0 Å². The molecular formula is C12H17NO4S. The summed E-state index contributed by atoms with van der Waals surface area (Å²) in [6.07, 6.45) is 2.53. The number of carbonyl (C=O) groups excluding carboxylic acids is 1. The Labute approximate surface area is 107 Å². The van der Waals surface area contributed by atoms with Gasteiger partial charge in [-0.3, -0.25) is 4.79 Å². The van der Waals surface area contributed by atoms with Crippen molar-refractivity contribution in [2.45, 2.75) is 37.5 Å². The molecule has 0 aliphatic carbocycles. The average Bonchev–Trinajstić information content (AvgIpc) is 2.29. The Bertz CT molecular complexity index is 511. The third kappa shape index (κ3) is 4.03. The molecule has 0 fully saturated rings. The van der Waals surface area contributed by atoms with Crippen LogP contribution in [0.3, 0.4) is 0 Å². The summed E-state index contributed by atoms with van der Waals surface area (Å²) in [7, 11) is -4.10. The molecule has 18 heavy (non-hydrogen) atoms.